The van der Waals surface area contributed by atoms with Crippen LogP contribution in [0.25, 0.3) is 0 Å². The second-order valence-corrected chi connectivity index (χ2v) is 6.41. The van der Waals surface area contributed by atoms with E-state index in [4.69, 9.17) is 9.47 Å². The van der Waals surface area contributed by atoms with Gasteiger partial charge in [0.2, 0.25) is 0 Å². The van der Waals surface area contributed by atoms with Gasteiger partial charge in [-0.25, -0.2) is 0 Å². The van der Waals surface area contributed by atoms with E-state index in [2.05, 4.69) is 17.4 Å². The highest BCUT2D eigenvalue weighted by Gasteiger charge is 2.22. The molecule has 0 spiro atoms. The van der Waals surface area contributed by atoms with Gasteiger partial charge in [0.15, 0.2) is 11.5 Å². The number of fused-ring (bicyclic) bond motifs is 1. The van der Waals surface area contributed by atoms with Gasteiger partial charge < -0.3 is 19.9 Å². The van der Waals surface area contributed by atoms with Crippen molar-refractivity contribution < 1.29 is 14.6 Å². The molecule has 4 nitrogen and oxygen atoms in total. The topological polar surface area (TPSA) is 50.7 Å². The first-order valence-electron chi connectivity index (χ1n) is 8.60. The van der Waals surface area contributed by atoms with E-state index in [1.165, 1.54) is 24.8 Å². The molecule has 2 unspecified atom stereocenters. The molecule has 22 heavy (non-hydrogen) atoms. The van der Waals surface area contributed by atoms with Crippen molar-refractivity contribution in [3.8, 4) is 11.5 Å². The molecule has 4 heteroatoms. The molecule has 0 aromatic heterocycles. The average molecular weight is 305 g/mol. The predicted octanol–water partition coefficient (Wildman–Crippen LogP) is 2.88. The summed E-state index contributed by atoms with van der Waals surface area (Å²) in [4.78, 5) is 0. The number of aliphatic hydroxyl groups is 1. The zero-order valence-corrected chi connectivity index (χ0v) is 13.2. The lowest BCUT2D eigenvalue weighted by molar-refractivity contribution is 0.0643. The summed E-state index contributed by atoms with van der Waals surface area (Å²) in [7, 11) is 0. The van der Waals surface area contributed by atoms with Gasteiger partial charge >= 0.3 is 0 Å². The third-order valence-electron chi connectivity index (χ3n) is 4.73. The molecular weight excluding hydrogens is 278 g/mol. The maximum absolute atomic E-state index is 9.97. The van der Waals surface area contributed by atoms with Crippen molar-refractivity contribution in [3.05, 3.63) is 23.8 Å². The van der Waals surface area contributed by atoms with Crippen LogP contribution in [0.5, 0.6) is 11.5 Å². The number of benzene rings is 1. The number of hydrogen-bond donors (Lipinski definition) is 2. The molecule has 1 aliphatic heterocycles. The fourth-order valence-corrected chi connectivity index (χ4v) is 3.44. The van der Waals surface area contributed by atoms with E-state index in [1.54, 1.807) is 0 Å². The number of nitrogens with one attached hydrogen (secondary N) is 1. The number of hydrogen-bond acceptors (Lipinski definition) is 4. The molecule has 1 fully saturated rings. The van der Waals surface area contributed by atoms with Crippen molar-refractivity contribution in [2.45, 2.75) is 51.2 Å². The van der Waals surface area contributed by atoms with Gasteiger partial charge in [-0.05, 0) is 55.8 Å². The van der Waals surface area contributed by atoms with E-state index in [-0.39, 0.29) is 6.10 Å². The molecule has 3 rings (SSSR count). The van der Waals surface area contributed by atoms with Crippen molar-refractivity contribution in [3.63, 3.8) is 0 Å². The van der Waals surface area contributed by atoms with Crippen LogP contribution in [0.1, 0.15) is 44.1 Å². The van der Waals surface area contributed by atoms with Crippen LogP contribution in [0.2, 0.25) is 0 Å². The summed E-state index contributed by atoms with van der Waals surface area (Å²) in [6.07, 6.45) is 6.87. The Labute approximate surface area is 132 Å². The Balaban J connectivity index is 1.36. The molecule has 0 radical (unpaired) electrons. The largest absolute Gasteiger partial charge is 0.486 e. The Morgan fingerprint density at radius 3 is 2.77 bits per heavy atom. The van der Waals surface area contributed by atoms with Crippen molar-refractivity contribution in [1.82, 2.24) is 5.32 Å². The van der Waals surface area contributed by atoms with E-state index in [0.29, 0.717) is 19.1 Å². The average Bonchev–Trinajstić information content (AvgIpc) is 2.56. The van der Waals surface area contributed by atoms with Crippen LogP contribution in [-0.4, -0.2) is 31.0 Å². The smallest absolute Gasteiger partial charge is 0.161 e. The van der Waals surface area contributed by atoms with Crippen molar-refractivity contribution in [1.29, 1.82) is 0 Å². The van der Waals surface area contributed by atoms with Gasteiger partial charge in [0.25, 0.3) is 0 Å². The monoisotopic (exact) mass is 305 g/mol. The predicted molar refractivity (Wildman–Crippen MR) is 86.3 cm³/mol. The lowest BCUT2D eigenvalue weighted by Crippen LogP contribution is -2.25. The molecule has 2 atom stereocenters. The summed E-state index contributed by atoms with van der Waals surface area (Å²) in [5.74, 6) is 2.22. The summed E-state index contributed by atoms with van der Waals surface area (Å²) in [6.45, 7) is 3.12. The van der Waals surface area contributed by atoms with Crippen LogP contribution in [0.4, 0.5) is 0 Å². The molecular formula is C18H27NO3. The minimum absolute atomic E-state index is 0.0634. The third kappa shape index (κ3) is 4.14. The molecule has 1 aromatic carbocycles. The van der Waals surface area contributed by atoms with Crippen LogP contribution >= 0.6 is 0 Å². The summed E-state index contributed by atoms with van der Waals surface area (Å²) >= 11 is 0. The van der Waals surface area contributed by atoms with Crippen LogP contribution in [0.3, 0.4) is 0 Å². The first kappa shape index (κ1) is 15.6. The van der Waals surface area contributed by atoms with Crippen molar-refractivity contribution in [2.75, 3.05) is 19.8 Å². The molecule has 1 aliphatic carbocycles. The maximum Gasteiger partial charge on any atom is 0.161 e. The third-order valence-corrected chi connectivity index (χ3v) is 4.73. The highest BCUT2D eigenvalue weighted by molar-refractivity contribution is 5.43. The standard InChI is InChI=1S/C18H27NO3/c20-16-6-2-1-4-15(16)5-3-9-19-13-14-7-8-17-18(12-14)22-11-10-21-17/h7-8,12,15-16,19-20H,1-6,9-11,13H2. The second kappa shape index (κ2) is 7.84. The fraction of sp³-hybridized carbons (Fsp3) is 0.667. The van der Waals surface area contributed by atoms with Gasteiger partial charge in [0, 0.05) is 6.54 Å². The molecule has 122 valence electrons. The zero-order valence-electron chi connectivity index (χ0n) is 13.2. The van der Waals surface area contributed by atoms with E-state index >= 15 is 0 Å². The number of rotatable bonds is 6. The van der Waals surface area contributed by atoms with Gasteiger partial charge in [-0.2, -0.15) is 0 Å². The number of ether oxygens (including phenoxy) is 2. The summed E-state index contributed by atoms with van der Waals surface area (Å²) in [5, 5.41) is 13.5. The second-order valence-electron chi connectivity index (χ2n) is 6.41. The highest BCUT2D eigenvalue weighted by Crippen LogP contribution is 2.30. The van der Waals surface area contributed by atoms with Gasteiger partial charge in [-0.1, -0.05) is 18.9 Å². The first-order chi connectivity index (χ1) is 10.8. The van der Waals surface area contributed by atoms with E-state index in [1.807, 2.05) is 6.07 Å². The Morgan fingerprint density at radius 1 is 1.09 bits per heavy atom. The van der Waals surface area contributed by atoms with Crippen LogP contribution < -0.4 is 14.8 Å². The molecule has 0 bridgehead atoms. The maximum atomic E-state index is 9.97. The van der Waals surface area contributed by atoms with Gasteiger partial charge in [-0.3, -0.25) is 0 Å². The lowest BCUT2D eigenvalue weighted by Gasteiger charge is -2.27. The van der Waals surface area contributed by atoms with Gasteiger partial charge in [-0.15, -0.1) is 0 Å². The summed E-state index contributed by atoms with van der Waals surface area (Å²) in [5.41, 5.74) is 1.22. The normalized spacial score (nSPS) is 24.2. The Morgan fingerprint density at radius 2 is 1.91 bits per heavy atom. The molecule has 0 saturated heterocycles. The first-order valence-corrected chi connectivity index (χ1v) is 8.60. The molecule has 1 heterocycles. The van der Waals surface area contributed by atoms with Crippen LogP contribution in [0, 0.1) is 5.92 Å². The minimum Gasteiger partial charge on any atom is -0.486 e. The minimum atomic E-state index is -0.0634. The Hall–Kier alpha value is -1.26. The molecule has 2 N–H and O–H groups in total. The van der Waals surface area contributed by atoms with E-state index in [0.717, 1.165) is 43.9 Å². The quantitative estimate of drug-likeness (QED) is 0.794. The highest BCUT2D eigenvalue weighted by atomic mass is 16.6. The lowest BCUT2D eigenvalue weighted by atomic mass is 9.83. The van der Waals surface area contributed by atoms with Crippen LogP contribution in [-0.2, 0) is 6.54 Å². The number of aliphatic hydroxyl groups excluding tert-OH is 1. The van der Waals surface area contributed by atoms with Crippen molar-refractivity contribution in [2.24, 2.45) is 5.92 Å². The van der Waals surface area contributed by atoms with Crippen LogP contribution in [0.15, 0.2) is 18.2 Å². The van der Waals surface area contributed by atoms with Gasteiger partial charge in [0.05, 0.1) is 6.10 Å². The van der Waals surface area contributed by atoms with Gasteiger partial charge in [0.1, 0.15) is 13.2 Å². The SMILES string of the molecule is OC1CCCCC1CCCNCc1ccc2c(c1)OCCO2. The van der Waals surface area contributed by atoms with E-state index in [9.17, 15) is 5.11 Å². The molecule has 0 amide bonds. The molecule has 1 aromatic rings. The van der Waals surface area contributed by atoms with E-state index < -0.39 is 0 Å². The summed E-state index contributed by atoms with van der Waals surface area (Å²) < 4.78 is 11.1. The molecule has 1 saturated carbocycles. The Kier molecular flexibility index (Phi) is 5.57. The van der Waals surface area contributed by atoms with Crippen molar-refractivity contribution >= 4 is 0 Å². The zero-order chi connectivity index (χ0) is 15.2. The summed E-state index contributed by atoms with van der Waals surface area (Å²) in [6, 6.07) is 6.14. The molecule has 2 aliphatic rings. The Bertz CT molecular complexity index is 477. The fourth-order valence-electron chi connectivity index (χ4n) is 3.44.